The second kappa shape index (κ2) is 8.75. The summed E-state index contributed by atoms with van der Waals surface area (Å²) in [6.07, 6.45) is 7.21. The zero-order valence-corrected chi connectivity index (χ0v) is 15.7. The van der Waals surface area contributed by atoms with Gasteiger partial charge in [0, 0.05) is 24.7 Å². The topological polar surface area (TPSA) is 51.7 Å². The van der Waals surface area contributed by atoms with Gasteiger partial charge >= 0.3 is 6.09 Å². The van der Waals surface area contributed by atoms with Gasteiger partial charge in [0.25, 0.3) is 0 Å². The van der Waals surface area contributed by atoms with Crippen molar-refractivity contribution in [2.45, 2.75) is 65.0 Å². The van der Waals surface area contributed by atoms with E-state index in [1.165, 1.54) is 0 Å². The van der Waals surface area contributed by atoms with Gasteiger partial charge in [0.1, 0.15) is 18.0 Å². The molecule has 0 aliphatic carbocycles. The number of hydrogen-bond acceptors (Lipinski definition) is 4. The number of hydrogen-bond donors (Lipinski definition) is 0. The molecule has 1 unspecified atom stereocenters. The minimum atomic E-state index is -0.479. The van der Waals surface area contributed by atoms with Crippen LogP contribution in [-0.4, -0.2) is 40.8 Å². The molecule has 5 heteroatoms. The average molecular weight is 344 g/mol. The zero-order valence-electron chi connectivity index (χ0n) is 15.7. The number of ether oxygens (including phenoxy) is 2. The number of pyridine rings is 1. The highest BCUT2D eigenvalue weighted by Gasteiger charge is 2.35. The lowest BCUT2D eigenvalue weighted by Crippen LogP contribution is -2.55. The molecule has 1 saturated heterocycles. The first-order valence-electron chi connectivity index (χ1n) is 8.95. The first-order valence-corrected chi connectivity index (χ1v) is 8.95. The molecule has 1 amide bonds. The molecule has 0 N–H and O–H groups in total. The van der Waals surface area contributed by atoms with Crippen LogP contribution in [0, 0.1) is 11.8 Å². The van der Waals surface area contributed by atoms with E-state index in [0.29, 0.717) is 18.9 Å². The molecule has 1 aliphatic heterocycles. The smallest absolute Gasteiger partial charge is 0.410 e. The van der Waals surface area contributed by atoms with E-state index in [0.717, 1.165) is 31.2 Å². The summed E-state index contributed by atoms with van der Waals surface area (Å²) in [5.41, 5.74) is 0.374. The number of amides is 1. The molecule has 1 atom stereocenters. The lowest BCUT2D eigenvalue weighted by atomic mass is 10.1. The Hall–Kier alpha value is -2.22. The van der Waals surface area contributed by atoms with Crippen LogP contribution in [0.4, 0.5) is 4.79 Å². The van der Waals surface area contributed by atoms with E-state index in [2.05, 4.69) is 23.7 Å². The van der Waals surface area contributed by atoms with Crippen LogP contribution in [0.5, 0.6) is 5.75 Å². The zero-order chi connectivity index (χ0) is 18.3. The van der Waals surface area contributed by atoms with Crippen molar-refractivity contribution in [2.75, 3.05) is 13.2 Å². The second-order valence-corrected chi connectivity index (χ2v) is 7.24. The largest absolute Gasteiger partial charge is 0.490 e. The third-order valence-corrected chi connectivity index (χ3v) is 3.82. The van der Waals surface area contributed by atoms with Crippen LogP contribution in [0.25, 0.3) is 0 Å². The number of nitrogens with zero attached hydrogens (tertiary/aromatic N) is 2. The molecule has 2 heterocycles. The molecule has 1 fully saturated rings. The first-order chi connectivity index (χ1) is 11.9. The predicted octanol–water partition coefficient (Wildman–Crippen LogP) is 4.01. The third kappa shape index (κ3) is 6.30. The van der Waals surface area contributed by atoms with Crippen LogP contribution in [0.2, 0.25) is 0 Å². The molecule has 5 nitrogen and oxygen atoms in total. The summed E-state index contributed by atoms with van der Waals surface area (Å²) >= 11 is 0. The highest BCUT2D eigenvalue weighted by molar-refractivity contribution is 5.69. The molecule has 1 aromatic rings. The number of likely N-dealkylation sites (tertiary alicyclic amines) is 1. The molecule has 2 rings (SSSR count). The molecule has 25 heavy (non-hydrogen) atoms. The molecule has 0 aromatic carbocycles. The number of unbranched alkanes of at least 4 members (excludes halogenated alkanes) is 2. The fraction of sp³-hybridized carbons (Fsp3) is 0.600. The van der Waals surface area contributed by atoms with Crippen molar-refractivity contribution in [3.8, 4) is 17.6 Å². The van der Waals surface area contributed by atoms with Crippen molar-refractivity contribution in [3.05, 3.63) is 24.0 Å². The van der Waals surface area contributed by atoms with Crippen molar-refractivity contribution >= 4 is 6.09 Å². The second-order valence-electron chi connectivity index (χ2n) is 7.24. The summed E-state index contributed by atoms with van der Waals surface area (Å²) in [4.78, 5) is 18.0. The first kappa shape index (κ1) is 19.1. The fourth-order valence-corrected chi connectivity index (χ4v) is 2.36. The summed E-state index contributed by atoms with van der Waals surface area (Å²) in [6.45, 7) is 8.91. The molecule has 0 spiro atoms. The summed E-state index contributed by atoms with van der Waals surface area (Å²) in [7, 11) is 0. The van der Waals surface area contributed by atoms with Gasteiger partial charge in [-0.1, -0.05) is 25.2 Å². The standard InChI is InChI=1S/C20H28N2O3/c1-5-6-7-8-9-16-12-18(14-21-13-16)24-15-17-10-11-22(17)19(23)25-20(2,3)4/h12-14,17H,5-7,10-11,15H2,1-4H3. The van der Waals surface area contributed by atoms with Crippen molar-refractivity contribution < 1.29 is 14.3 Å². The summed E-state index contributed by atoms with van der Waals surface area (Å²) in [5.74, 6) is 6.94. The van der Waals surface area contributed by atoms with E-state index in [9.17, 15) is 4.79 Å². The van der Waals surface area contributed by atoms with Crippen LogP contribution in [-0.2, 0) is 4.74 Å². The summed E-state index contributed by atoms with van der Waals surface area (Å²) < 4.78 is 11.2. The molecule has 1 aromatic heterocycles. The summed E-state index contributed by atoms with van der Waals surface area (Å²) in [5, 5.41) is 0. The molecule has 0 bridgehead atoms. The highest BCUT2D eigenvalue weighted by atomic mass is 16.6. The van der Waals surface area contributed by atoms with E-state index >= 15 is 0 Å². The number of carbonyl (C=O) groups is 1. The Kier molecular flexibility index (Phi) is 6.69. The van der Waals surface area contributed by atoms with Gasteiger partial charge in [0.15, 0.2) is 0 Å². The van der Waals surface area contributed by atoms with Crippen LogP contribution in [0.15, 0.2) is 18.5 Å². The monoisotopic (exact) mass is 344 g/mol. The molecule has 0 radical (unpaired) electrons. The van der Waals surface area contributed by atoms with Gasteiger partial charge < -0.3 is 14.4 Å². The molecular weight excluding hydrogens is 316 g/mol. The lowest BCUT2D eigenvalue weighted by Gasteiger charge is -2.40. The Labute approximate surface area is 150 Å². The molecular formula is C20H28N2O3. The maximum Gasteiger partial charge on any atom is 0.410 e. The predicted molar refractivity (Wildman–Crippen MR) is 97.5 cm³/mol. The van der Waals surface area contributed by atoms with Gasteiger partial charge in [0.2, 0.25) is 0 Å². The minimum absolute atomic E-state index is 0.0501. The van der Waals surface area contributed by atoms with Crippen LogP contribution >= 0.6 is 0 Å². The molecule has 136 valence electrons. The maximum atomic E-state index is 12.1. The van der Waals surface area contributed by atoms with Crippen molar-refractivity contribution in [2.24, 2.45) is 0 Å². The van der Waals surface area contributed by atoms with Gasteiger partial charge in [-0.2, -0.15) is 0 Å². The van der Waals surface area contributed by atoms with E-state index in [4.69, 9.17) is 9.47 Å². The highest BCUT2D eigenvalue weighted by Crippen LogP contribution is 2.22. The normalized spacial score (nSPS) is 16.5. The van der Waals surface area contributed by atoms with Gasteiger partial charge in [-0.3, -0.25) is 4.98 Å². The van der Waals surface area contributed by atoms with Crippen molar-refractivity contribution in [1.82, 2.24) is 9.88 Å². The fourth-order valence-electron chi connectivity index (χ4n) is 2.36. The van der Waals surface area contributed by atoms with Crippen molar-refractivity contribution in [3.63, 3.8) is 0 Å². The number of aromatic nitrogens is 1. The number of rotatable bonds is 5. The SMILES string of the molecule is CCCCC#Cc1cncc(OCC2CCN2C(=O)OC(C)(C)C)c1. The van der Waals surface area contributed by atoms with Gasteiger partial charge in [-0.25, -0.2) is 4.79 Å². The Morgan fingerprint density at radius 2 is 2.20 bits per heavy atom. The quantitative estimate of drug-likeness (QED) is 0.598. The van der Waals surface area contributed by atoms with E-state index in [1.54, 1.807) is 17.3 Å². The molecule has 1 aliphatic rings. The van der Waals surface area contributed by atoms with Crippen LogP contribution in [0.1, 0.15) is 58.9 Å². The Bertz CT molecular complexity index is 640. The summed E-state index contributed by atoms with van der Waals surface area (Å²) in [6, 6.07) is 1.94. The average Bonchev–Trinajstić information content (AvgIpc) is 2.49. The van der Waals surface area contributed by atoms with Crippen LogP contribution in [0.3, 0.4) is 0 Å². The maximum absolute atomic E-state index is 12.1. The Balaban J connectivity index is 1.84. The van der Waals surface area contributed by atoms with Gasteiger partial charge in [0.05, 0.1) is 12.2 Å². The van der Waals surface area contributed by atoms with E-state index < -0.39 is 5.60 Å². The lowest BCUT2D eigenvalue weighted by molar-refractivity contribution is -0.0141. The number of carbonyl (C=O) groups excluding carboxylic acids is 1. The van der Waals surface area contributed by atoms with E-state index in [-0.39, 0.29) is 12.1 Å². The minimum Gasteiger partial charge on any atom is -0.490 e. The van der Waals surface area contributed by atoms with Crippen molar-refractivity contribution in [1.29, 1.82) is 0 Å². The third-order valence-electron chi connectivity index (χ3n) is 3.82. The van der Waals surface area contributed by atoms with Gasteiger partial charge in [-0.15, -0.1) is 0 Å². The van der Waals surface area contributed by atoms with Crippen LogP contribution < -0.4 is 4.74 Å². The van der Waals surface area contributed by atoms with E-state index in [1.807, 2.05) is 26.8 Å². The Morgan fingerprint density at radius 3 is 2.84 bits per heavy atom. The Morgan fingerprint density at radius 1 is 1.40 bits per heavy atom. The molecule has 0 saturated carbocycles. The van der Waals surface area contributed by atoms with Gasteiger partial charge in [-0.05, 0) is 39.7 Å².